The average molecular weight is 306 g/mol. The van der Waals surface area contributed by atoms with Crippen molar-refractivity contribution in [3.05, 3.63) is 42.5 Å². The largest absolute Gasteiger partial charge is 0.320 e. The lowest BCUT2D eigenvalue weighted by molar-refractivity contribution is 0.310. The predicted octanol–water partition coefficient (Wildman–Crippen LogP) is 1.38. The molecule has 2 heterocycles. The van der Waals surface area contributed by atoms with Crippen LogP contribution in [0.25, 0.3) is 0 Å². The Morgan fingerprint density at radius 2 is 1.81 bits per heavy atom. The van der Waals surface area contributed by atoms with Gasteiger partial charge >= 0.3 is 0 Å². The van der Waals surface area contributed by atoms with Gasteiger partial charge in [-0.05, 0) is 25.0 Å². The molecule has 1 fully saturated rings. The fourth-order valence-electron chi connectivity index (χ4n) is 2.76. The lowest BCUT2D eigenvalue weighted by Gasteiger charge is -2.30. The van der Waals surface area contributed by atoms with Crippen LogP contribution in [-0.2, 0) is 17.1 Å². The predicted molar refractivity (Wildman–Crippen MR) is 78.2 cm³/mol. The van der Waals surface area contributed by atoms with Crippen molar-refractivity contribution in [2.75, 3.05) is 13.1 Å². The summed E-state index contributed by atoms with van der Waals surface area (Å²) in [4.78, 5) is 0.363. The third-order valence-corrected chi connectivity index (χ3v) is 5.86. The Hall–Kier alpha value is -1.73. The molecule has 21 heavy (non-hydrogen) atoms. The van der Waals surface area contributed by atoms with E-state index in [1.807, 2.05) is 17.7 Å². The fraction of sp³-hybridized carbons (Fsp3) is 0.429. The van der Waals surface area contributed by atoms with Gasteiger partial charge in [-0.3, -0.25) is 0 Å². The third kappa shape index (κ3) is 2.71. The van der Waals surface area contributed by atoms with Gasteiger partial charge in [0, 0.05) is 26.1 Å². The number of hydrogen-bond acceptors (Lipinski definition) is 4. The fourth-order valence-corrected chi connectivity index (χ4v) is 4.25. The third-order valence-electron chi connectivity index (χ3n) is 3.95. The lowest BCUT2D eigenvalue weighted by Crippen LogP contribution is -2.38. The molecule has 112 valence electrons. The van der Waals surface area contributed by atoms with Crippen LogP contribution >= 0.6 is 0 Å². The molecule has 3 rings (SSSR count). The molecule has 0 amide bonds. The van der Waals surface area contributed by atoms with Gasteiger partial charge in [0.05, 0.1) is 4.90 Å². The summed E-state index contributed by atoms with van der Waals surface area (Å²) >= 11 is 0. The minimum Gasteiger partial charge on any atom is -0.320 e. The zero-order chi connectivity index (χ0) is 14.9. The van der Waals surface area contributed by atoms with E-state index >= 15 is 0 Å². The van der Waals surface area contributed by atoms with E-state index in [0.717, 1.165) is 18.7 Å². The van der Waals surface area contributed by atoms with Gasteiger partial charge in [-0.15, -0.1) is 10.2 Å². The van der Waals surface area contributed by atoms with E-state index in [0.29, 0.717) is 18.0 Å². The van der Waals surface area contributed by atoms with Gasteiger partial charge in [0.15, 0.2) is 0 Å². The highest BCUT2D eigenvalue weighted by Gasteiger charge is 2.31. The molecule has 0 N–H and O–H groups in total. The highest BCUT2D eigenvalue weighted by atomic mass is 32.2. The number of benzene rings is 1. The van der Waals surface area contributed by atoms with Crippen LogP contribution in [0.2, 0.25) is 0 Å². The van der Waals surface area contributed by atoms with Crippen LogP contribution in [0.1, 0.15) is 24.6 Å². The van der Waals surface area contributed by atoms with E-state index in [1.54, 1.807) is 34.9 Å². The Morgan fingerprint density at radius 1 is 1.14 bits per heavy atom. The molecule has 0 spiro atoms. The molecule has 0 aliphatic carbocycles. The molecular formula is C14H18N4O2S. The second kappa shape index (κ2) is 5.57. The van der Waals surface area contributed by atoms with Crippen LogP contribution in [0, 0.1) is 0 Å². The molecule has 0 saturated carbocycles. The minimum atomic E-state index is -3.37. The van der Waals surface area contributed by atoms with Gasteiger partial charge in [0.25, 0.3) is 0 Å². The Kier molecular flexibility index (Phi) is 3.77. The number of aryl methyl sites for hydroxylation is 1. The normalized spacial score (nSPS) is 18.0. The average Bonchev–Trinajstić information content (AvgIpc) is 2.94. The monoisotopic (exact) mass is 306 g/mol. The molecule has 1 aliphatic heterocycles. The van der Waals surface area contributed by atoms with Crippen molar-refractivity contribution >= 4 is 10.0 Å². The first-order valence-electron chi connectivity index (χ1n) is 6.98. The SMILES string of the molecule is Cn1cnnc1C1CCN(S(=O)(=O)c2ccccc2)CC1. The molecule has 1 aromatic carbocycles. The van der Waals surface area contributed by atoms with Crippen LogP contribution in [-0.4, -0.2) is 40.6 Å². The number of nitrogens with zero attached hydrogens (tertiary/aromatic N) is 4. The van der Waals surface area contributed by atoms with Gasteiger partial charge in [-0.2, -0.15) is 4.31 Å². The van der Waals surface area contributed by atoms with Gasteiger partial charge in [0.1, 0.15) is 12.2 Å². The molecule has 1 aliphatic rings. The molecule has 0 unspecified atom stereocenters. The topological polar surface area (TPSA) is 68.1 Å². The summed E-state index contributed by atoms with van der Waals surface area (Å²) in [6, 6.07) is 8.60. The summed E-state index contributed by atoms with van der Waals surface area (Å²) in [6.07, 6.45) is 3.24. The molecule has 1 saturated heterocycles. The molecule has 7 heteroatoms. The summed E-state index contributed by atoms with van der Waals surface area (Å²) in [7, 11) is -1.45. The zero-order valence-electron chi connectivity index (χ0n) is 11.9. The minimum absolute atomic E-state index is 0.278. The van der Waals surface area contributed by atoms with Crippen molar-refractivity contribution in [2.45, 2.75) is 23.7 Å². The number of piperidine rings is 1. The van der Waals surface area contributed by atoms with Crippen molar-refractivity contribution < 1.29 is 8.42 Å². The molecule has 0 atom stereocenters. The van der Waals surface area contributed by atoms with Crippen molar-refractivity contribution in [3.63, 3.8) is 0 Å². The van der Waals surface area contributed by atoms with Crippen LogP contribution in [0.5, 0.6) is 0 Å². The highest BCUT2D eigenvalue weighted by molar-refractivity contribution is 7.89. The Labute approximate surface area is 124 Å². The summed E-state index contributed by atoms with van der Waals surface area (Å²) in [5.74, 6) is 1.21. The molecular weight excluding hydrogens is 288 g/mol. The number of hydrogen-bond donors (Lipinski definition) is 0. The van der Waals surface area contributed by atoms with E-state index in [2.05, 4.69) is 10.2 Å². The van der Waals surface area contributed by atoms with Crippen molar-refractivity contribution in [1.82, 2.24) is 19.1 Å². The van der Waals surface area contributed by atoms with Crippen molar-refractivity contribution in [3.8, 4) is 0 Å². The van der Waals surface area contributed by atoms with Gasteiger partial charge < -0.3 is 4.57 Å². The Bertz CT molecular complexity index is 704. The van der Waals surface area contributed by atoms with E-state index in [9.17, 15) is 8.42 Å². The van der Waals surface area contributed by atoms with Gasteiger partial charge in [-0.25, -0.2) is 8.42 Å². The summed E-state index contributed by atoms with van der Waals surface area (Å²) in [5, 5.41) is 8.02. The van der Waals surface area contributed by atoms with E-state index in [1.165, 1.54) is 0 Å². The second-order valence-electron chi connectivity index (χ2n) is 5.29. The highest BCUT2D eigenvalue weighted by Crippen LogP contribution is 2.29. The maximum absolute atomic E-state index is 12.5. The molecule has 0 bridgehead atoms. The molecule has 6 nitrogen and oxygen atoms in total. The van der Waals surface area contributed by atoms with Crippen LogP contribution in [0.3, 0.4) is 0 Å². The van der Waals surface area contributed by atoms with E-state index in [4.69, 9.17) is 0 Å². The van der Waals surface area contributed by atoms with E-state index < -0.39 is 10.0 Å². The van der Waals surface area contributed by atoms with Gasteiger partial charge in [0.2, 0.25) is 10.0 Å². The smallest absolute Gasteiger partial charge is 0.243 e. The first kappa shape index (κ1) is 14.2. The summed E-state index contributed by atoms with van der Waals surface area (Å²) < 4.78 is 28.6. The Morgan fingerprint density at radius 3 is 2.38 bits per heavy atom. The standard InChI is InChI=1S/C14H18N4O2S/c1-17-11-15-16-14(17)12-7-9-18(10-8-12)21(19,20)13-5-3-2-4-6-13/h2-6,11-12H,7-10H2,1H3. The first-order valence-corrected chi connectivity index (χ1v) is 8.42. The lowest BCUT2D eigenvalue weighted by atomic mass is 9.97. The number of sulfonamides is 1. The first-order chi connectivity index (χ1) is 10.1. The van der Waals surface area contributed by atoms with Gasteiger partial charge in [-0.1, -0.05) is 18.2 Å². The summed E-state index contributed by atoms with van der Waals surface area (Å²) in [5.41, 5.74) is 0. The summed E-state index contributed by atoms with van der Waals surface area (Å²) in [6.45, 7) is 1.05. The van der Waals surface area contributed by atoms with Crippen LogP contribution in [0.4, 0.5) is 0 Å². The quantitative estimate of drug-likeness (QED) is 0.859. The van der Waals surface area contributed by atoms with Crippen molar-refractivity contribution in [2.24, 2.45) is 7.05 Å². The maximum atomic E-state index is 12.5. The second-order valence-corrected chi connectivity index (χ2v) is 7.23. The maximum Gasteiger partial charge on any atom is 0.243 e. The number of rotatable bonds is 3. The van der Waals surface area contributed by atoms with Crippen molar-refractivity contribution in [1.29, 1.82) is 0 Å². The van der Waals surface area contributed by atoms with Crippen LogP contribution < -0.4 is 0 Å². The molecule has 2 aromatic rings. The number of aromatic nitrogens is 3. The van der Waals surface area contributed by atoms with Crippen LogP contribution in [0.15, 0.2) is 41.6 Å². The van der Waals surface area contributed by atoms with E-state index in [-0.39, 0.29) is 5.92 Å². The zero-order valence-corrected chi connectivity index (χ0v) is 12.7. The molecule has 0 radical (unpaired) electrons. The Balaban J connectivity index is 1.73. The molecule has 1 aromatic heterocycles.